The molecule has 4 N–H and O–H groups in total. The van der Waals surface area contributed by atoms with Gasteiger partial charge in [0.2, 0.25) is 10.6 Å². The number of halogens is 4. The first kappa shape index (κ1) is 55.2. The van der Waals surface area contributed by atoms with Crippen molar-refractivity contribution in [2.75, 3.05) is 40.0 Å². The van der Waals surface area contributed by atoms with Crippen molar-refractivity contribution in [3.8, 4) is 0 Å². The smallest absolute Gasteiger partial charge is 0.400 e. The number of amides is 1. The third kappa shape index (κ3) is 46.3. The largest absolute Gasteiger partial charge is 0.500 e. The Bertz CT molecular complexity index is 599. The van der Waals surface area contributed by atoms with Crippen LogP contribution in [0.4, 0.5) is 0 Å². The lowest BCUT2D eigenvalue weighted by atomic mass is 9.39. The van der Waals surface area contributed by atoms with Crippen LogP contribution in [0.1, 0.15) is 62.3 Å². The molecule has 0 spiro atoms. The summed E-state index contributed by atoms with van der Waals surface area (Å²) in [5.41, 5.74) is 5.48. The summed E-state index contributed by atoms with van der Waals surface area (Å²) in [6.07, 6.45) is 0.895. The molecular weight excluding hydrogens is 867 g/mol. The van der Waals surface area contributed by atoms with Crippen molar-refractivity contribution in [2.45, 2.75) is 103 Å². The van der Waals surface area contributed by atoms with Gasteiger partial charge >= 0.3 is 8.80 Å². The lowest BCUT2D eigenvalue weighted by Crippen LogP contribution is -2.46. The minimum absolute atomic E-state index is 0. The molecule has 244 valence electrons. The Morgan fingerprint density at radius 3 is 1.44 bits per heavy atom. The Hall–Kier alpha value is 1.74. The summed E-state index contributed by atoms with van der Waals surface area (Å²) >= 11 is 11.2. The quantitative estimate of drug-likeness (QED) is 0.0839. The first-order valence-electron chi connectivity index (χ1n) is 13.1. The predicted molar refractivity (Wildman–Crippen MR) is 206 cm³/mol. The Balaban J connectivity index is -0.000000104. The molecule has 1 amide bonds. The van der Waals surface area contributed by atoms with Crippen molar-refractivity contribution >= 4 is 117 Å². The van der Waals surface area contributed by atoms with E-state index >= 15 is 0 Å². The molecule has 0 bridgehead atoms. The topological polar surface area (TPSA) is 120 Å². The summed E-state index contributed by atoms with van der Waals surface area (Å²) in [4.78, 5) is 21.7. The van der Waals surface area contributed by atoms with Crippen LogP contribution < -0.4 is 11.1 Å². The maximum absolute atomic E-state index is 11.4. The lowest BCUT2D eigenvalue weighted by Gasteiger charge is -2.28. The summed E-state index contributed by atoms with van der Waals surface area (Å²) in [6, 6.07) is 1.96. The molecule has 17 heteroatoms. The third-order valence-electron chi connectivity index (χ3n) is 3.95. The number of aliphatic hydroxyl groups is 1. The minimum atomic E-state index is -2.40. The summed E-state index contributed by atoms with van der Waals surface area (Å²) in [5, 5.41) is 9.93. The zero-order valence-electron chi connectivity index (χ0n) is 26.5. The summed E-state index contributed by atoms with van der Waals surface area (Å²) < 4.78 is 15.9. The van der Waals surface area contributed by atoms with Crippen molar-refractivity contribution in [1.82, 2.24) is 5.32 Å². The van der Waals surface area contributed by atoms with E-state index in [1.54, 1.807) is 13.8 Å². The van der Waals surface area contributed by atoms with E-state index in [2.05, 4.69) is 72.7 Å². The van der Waals surface area contributed by atoms with Crippen LogP contribution in [-0.2, 0) is 22.9 Å². The van der Waals surface area contributed by atoms with E-state index in [1.165, 1.54) is 0 Å². The fraction of sp³-hybridized carbons (Fsp3) is 0.917. The fourth-order valence-electron chi connectivity index (χ4n) is 2.08. The molecule has 0 atom stereocenters. The maximum Gasteiger partial charge on any atom is 0.500 e. The van der Waals surface area contributed by atoms with Crippen molar-refractivity contribution in [2.24, 2.45) is 5.73 Å². The molecule has 0 rings (SSSR count). The van der Waals surface area contributed by atoms with Crippen molar-refractivity contribution in [1.29, 1.82) is 0 Å². The van der Waals surface area contributed by atoms with Crippen LogP contribution in [0, 0.1) is 0 Å². The molecule has 0 aromatic rings. The minimum Gasteiger partial charge on any atom is -0.400 e. The van der Waals surface area contributed by atoms with E-state index in [0.29, 0.717) is 26.4 Å². The monoisotopic (exact) mass is 922 g/mol. The van der Waals surface area contributed by atoms with E-state index in [4.69, 9.17) is 39.6 Å². The number of carbonyl (C=O) groups is 2. The molecule has 4 radical (unpaired) electrons. The fourth-order valence-corrected chi connectivity index (χ4v) is 5.74. The first-order chi connectivity index (χ1) is 18.0. The summed E-state index contributed by atoms with van der Waals surface area (Å²) in [5.74, 6) is 0.0748. The Kier molecular flexibility index (Phi) is 42.7. The van der Waals surface area contributed by atoms with Gasteiger partial charge in [-0.1, -0.05) is 58.9 Å². The van der Waals surface area contributed by atoms with Crippen LogP contribution in [0.15, 0.2) is 0 Å². The molecule has 0 aliphatic rings. The van der Waals surface area contributed by atoms with E-state index in [-0.39, 0.29) is 22.4 Å². The molecule has 0 aliphatic carbocycles. The molecule has 0 aliphatic heterocycles. The molecule has 0 aromatic heterocycles. The number of nitrogens with one attached hydrogen (secondary N) is 1. The van der Waals surface area contributed by atoms with Crippen LogP contribution in [-0.4, -0.2) is 101 Å². The number of nitrogens with two attached hydrogens (primary N) is 1. The predicted octanol–water partition coefficient (Wildman–Crippen LogP) is 6.07. The highest BCUT2D eigenvalue weighted by atomic mass is 127. The van der Waals surface area contributed by atoms with Gasteiger partial charge in [-0.15, -0.1) is 0 Å². The van der Waals surface area contributed by atoms with Crippen molar-refractivity contribution in [3.63, 3.8) is 0 Å². The molecule has 8 nitrogen and oxygen atoms in total. The van der Waals surface area contributed by atoms with Crippen LogP contribution in [0.3, 0.4) is 0 Å². The van der Waals surface area contributed by atoms with Gasteiger partial charge in [0, 0.05) is 63.1 Å². The van der Waals surface area contributed by atoms with Crippen LogP contribution >= 0.6 is 70.2 Å². The van der Waals surface area contributed by atoms with Gasteiger partial charge in [-0.05, 0) is 83.4 Å². The van der Waals surface area contributed by atoms with Gasteiger partial charge in [-0.3, -0.25) is 9.59 Å². The molecule has 0 unspecified atom stereocenters. The van der Waals surface area contributed by atoms with Gasteiger partial charge in [-0.25, -0.2) is 0 Å². The molecule has 0 heterocycles. The van der Waals surface area contributed by atoms with Gasteiger partial charge in [0.15, 0.2) is 0 Å². The molecule has 0 fully saturated rings. The van der Waals surface area contributed by atoms with E-state index < -0.39 is 25.5 Å². The highest BCUT2D eigenvalue weighted by molar-refractivity contribution is 14.1. The van der Waals surface area contributed by atoms with E-state index in [1.807, 2.05) is 57.0 Å². The highest BCUT2D eigenvalue weighted by Gasteiger charge is 2.39. The summed E-state index contributed by atoms with van der Waals surface area (Å²) in [6.45, 7) is 23.4. The van der Waals surface area contributed by atoms with Crippen molar-refractivity contribution in [3.05, 3.63) is 0 Å². The van der Waals surface area contributed by atoms with Gasteiger partial charge < -0.3 is 29.4 Å². The van der Waals surface area contributed by atoms with Gasteiger partial charge in [0.05, 0.1) is 8.65 Å². The number of hydrogen-bond donors (Lipinski definition) is 3. The molecule has 41 heavy (non-hydrogen) atoms. The molecule has 0 aromatic carbocycles. The molecular formula is C24H57B3Br3IN2O6Si2. The second-order valence-corrected chi connectivity index (χ2v) is 24.6. The Morgan fingerprint density at radius 1 is 0.927 bits per heavy atom. The van der Waals surface area contributed by atoms with Crippen LogP contribution in [0.25, 0.3) is 0 Å². The third-order valence-corrected chi connectivity index (χ3v) is 11.1. The zero-order chi connectivity index (χ0) is 33.2. The zero-order valence-corrected chi connectivity index (χ0v) is 35.4. The number of carbonyl (C=O) groups excluding carboxylic acids is 2. The van der Waals surface area contributed by atoms with Gasteiger partial charge in [-0.2, -0.15) is 22.4 Å². The van der Waals surface area contributed by atoms with Crippen LogP contribution in [0.2, 0.25) is 31.7 Å². The standard InChI is InChI=1S/C9H20BrNOSi.C9H23NO3Si.C4H6Br2O.CH4O.CH4.B3I/c1-9(2,10)8(12)11-6-7-13(3,4)5;1-4-11-14(12-5-2,13-6-3)9-7-8-10;1-4(2,6)3(5)7;1-2;;1-3(2)4/h6-7H2,1-5H3,(H,11,12);4-10H2,1-3H3;1-2H3;2H,1H3;1H4;. The average Bonchev–Trinajstić information content (AvgIpc) is 2.78. The average molecular weight is 925 g/mol. The molecule has 0 saturated heterocycles. The Labute approximate surface area is 296 Å². The normalized spacial score (nSPS) is 10.9. The summed E-state index contributed by atoms with van der Waals surface area (Å²) in [7, 11) is 7.34. The first-order valence-corrected chi connectivity index (χ1v) is 22.4. The maximum atomic E-state index is 11.4. The van der Waals surface area contributed by atoms with Crippen molar-refractivity contribution < 1.29 is 28.0 Å². The highest BCUT2D eigenvalue weighted by Crippen LogP contribution is 2.19. The van der Waals surface area contributed by atoms with E-state index in [9.17, 15) is 9.59 Å². The number of alkyl halides is 2. The number of aliphatic hydroxyl groups excluding tert-OH is 1. The SMILES string of the molecule is C.CC(C)(Br)C(=O)Br.CC(C)(Br)C(=O)NCC[Si](C)(C)C.CCO[Si](CCCN)(OCC)OCC.CO.[B]B([B])I. The lowest BCUT2D eigenvalue weighted by molar-refractivity contribution is -0.122. The van der Waals surface area contributed by atoms with Gasteiger partial charge in [0.25, 0.3) is 0 Å². The van der Waals surface area contributed by atoms with Gasteiger partial charge in [0.1, 0.15) is 4.35 Å². The van der Waals surface area contributed by atoms with E-state index in [0.717, 1.165) is 32.2 Å². The van der Waals surface area contributed by atoms with Crippen LogP contribution in [0.5, 0.6) is 0 Å². The number of rotatable bonds is 14. The second-order valence-electron chi connectivity index (χ2n) is 10.1. The molecule has 0 saturated carbocycles. The second kappa shape index (κ2) is 31.7. The Morgan fingerprint density at radius 2 is 1.24 bits per heavy atom. The number of hydrogen-bond acceptors (Lipinski definition) is 7.